The Balaban J connectivity index is 1.59. The second-order valence-electron chi connectivity index (χ2n) is 7.51. The molecule has 4 heteroatoms. The van der Waals surface area contributed by atoms with E-state index in [0.29, 0.717) is 11.8 Å². The Morgan fingerprint density at radius 1 is 1.00 bits per heavy atom. The second-order valence-corrected chi connectivity index (χ2v) is 7.51. The Bertz CT molecular complexity index is 889. The van der Waals surface area contributed by atoms with Gasteiger partial charge in [-0.3, -0.25) is 10.00 Å². The zero-order valence-corrected chi connectivity index (χ0v) is 16.3. The average molecular weight is 361 g/mol. The molecule has 2 atom stereocenters. The molecule has 2 aromatic carbocycles. The third-order valence-corrected chi connectivity index (χ3v) is 6.01. The molecule has 0 amide bonds. The van der Waals surface area contributed by atoms with Crippen LogP contribution in [0.5, 0.6) is 5.75 Å². The highest BCUT2D eigenvalue weighted by molar-refractivity contribution is 5.43. The van der Waals surface area contributed by atoms with Crippen molar-refractivity contribution in [3.63, 3.8) is 0 Å². The maximum Gasteiger partial charge on any atom is 0.122 e. The summed E-state index contributed by atoms with van der Waals surface area (Å²) in [6.45, 7) is 7.39. The number of hydrogen-bond donors (Lipinski definition) is 1. The Morgan fingerprint density at radius 3 is 2.48 bits per heavy atom. The maximum absolute atomic E-state index is 5.47. The van der Waals surface area contributed by atoms with Crippen LogP contribution in [0.25, 0.3) is 0 Å². The number of aromatic nitrogens is 2. The van der Waals surface area contributed by atoms with E-state index in [2.05, 4.69) is 77.5 Å². The lowest BCUT2D eigenvalue weighted by molar-refractivity contribution is 0.322. The van der Waals surface area contributed by atoms with E-state index in [1.165, 1.54) is 27.9 Å². The van der Waals surface area contributed by atoms with Gasteiger partial charge in [-0.2, -0.15) is 5.10 Å². The fourth-order valence-electron chi connectivity index (χ4n) is 4.33. The SMILES string of the molecule is COc1ccc(CN2C[C@@H](c3ccccc3)[C@H](c3ccn[nH]3)C2)c(C)c1C. The summed E-state index contributed by atoms with van der Waals surface area (Å²) in [7, 11) is 1.74. The van der Waals surface area contributed by atoms with Crippen molar-refractivity contribution in [2.45, 2.75) is 32.2 Å². The molecule has 1 aliphatic rings. The van der Waals surface area contributed by atoms with Crippen LogP contribution in [0.4, 0.5) is 0 Å². The fourth-order valence-corrected chi connectivity index (χ4v) is 4.33. The average Bonchev–Trinajstić information content (AvgIpc) is 3.36. The minimum atomic E-state index is 0.439. The molecule has 0 saturated carbocycles. The van der Waals surface area contributed by atoms with Gasteiger partial charge in [0.25, 0.3) is 0 Å². The number of likely N-dealkylation sites (tertiary alicyclic amines) is 1. The summed E-state index contributed by atoms with van der Waals surface area (Å²) in [4.78, 5) is 2.57. The van der Waals surface area contributed by atoms with Crippen molar-refractivity contribution in [2.75, 3.05) is 20.2 Å². The van der Waals surface area contributed by atoms with Gasteiger partial charge in [0.05, 0.1) is 7.11 Å². The number of benzene rings is 2. The summed E-state index contributed by atoms with van der Waals surface area (Å²) >= 11 is 0. The lowest BCUT2D eigenvalue weighted by Gasteiger charge is -2.19. The van der Waals surface area contributed by atoms with E-state index in [9.17, 15) is 0 Å². The van der Waals surface area contributed by atoms with Gasteiger partial charge in [0.15, 0.2) is 0 Å². The Labute approximate surface area is 161 Å². The lowest BCUT2D eigenvalue weighted by Crippen LogP contribution is -2.21. The van der Waals surface area contributed by atoms with Gasteiger partial charge in [0, 0.05) is 43.4 Å². The molecule has 27 heavy (non-hydrogen) atoms. The van der Waals surface area contributed by atoms with Gasteiger partial charge in [0.2, 0.25) is 0 Å². The molecular formula is C23H27N3O. The third-order valence-electron chi connectivity index (χ3n) is 6.01. The van der Waals surface area contributed by atoms with Crippen LogP contribution in [0, 0.1) is 13.8 Å². The van der Waals surface area contributed by atoms with Crippen LogP contribution in [-0.2, 0) is 6.54 Å². The summed E-state index contributed by atoms with van der Waals surface area (Å²) in [5.74, 6) is 1.89. The third kappa shape index (κ3) is 3.50. The predicted octanol–water partition coefficient (Wildman–Crippen LogP) is 4.42. The van der Waals surface area contributed by atoms with Crippen LogP contribution >= 0.6 is 0 Å². The van der Waals surface area contributed by atoms with Gasteiger partial charge in [-0.25, -0.2) is 0 Å². The summed E-state index contributed by atoms with van der Waals surface area (Å²) in [6.07, 6.45) is 1.86. The van der Waals surface area contributed by atoms with Gasteiger partial charge in [0.1, 0.15) is 5.75 Å². The molecule has 4 rings (SSSR count). The van der Waals surface area contributed by atoms with Crippen molar-refractivity contribution in [1.29, 1.82) is 0 Å². The molecule has 1 saturated heterocycles. The van der Waals surface area contributed by atoms with Crippen LogP contribution in [-0.4, -0.2) is 35.3 Å². The molecule has 1 aliphatic heterocycles. The molecule has 0 bridgehead atoms. The van der Waals surface area contributed by atoms with E-state index in [-0.39, 0.29) is 0 Å². The molecule has 4 nitrogen and oxygen atoms in total. The Kier molecular flexibility index (Phi) is 4.99. The molecule has 0 unspecified atom stereocenters. The molecule has 0 spiro atoms. The largest absolute Gasteiger partial charge is 0.496 e. The van der Waals surface area contributed by atoms with Crippen LogP contribution in [0.15, 0.2) is 54.7 Å². The molecule has 140 valence electrons. The number of aromatic amines is 1. The first-order valence-electron chi connectivity index (χ1n) is 9.57. The predicted molar refractivity (Wildman–Crippen MR) is 108 cm³/mol. The number of nitrogens with one attached hydrogen (secondary N) is 1. The van der Waals surface area contributed by atoms with Crippen LogP contribution in [0.3, 0.4) is 0 Å². The Hall–Kier alpha value is -2.59. The van der Waals surface area contributed by atoms with E-state index in [0.717, 1.165) is 25.4 Å². The van der Waals surface area contributed by atoms with Crippen molar-refractivity contribution >= 4 is 0 Å². The zero-order chi connectivity index (χ0) is 18.8. The first-order valence-corrected chi connectivity index (χ1v) is 9.57. The monoisotopic (exact) mass is 361 g/mol. The fraction of sp³-hybridized carbons (Fsp3) is 0.348. The summed E-state index contributed by atoms with van der Waals surface area (Å²) < 4.78 is 5.47. The number of rotatable bonds is 5. The van der Waals surface area contributed by atoms with Gasteiger partial charge < -0.3 is 4.74 Å². The van der Waals surface area contributed by atoms with E-state index >= 15 is 0 Å². The number of methoxy groups -OCH3 is 1. The highest BCUT2D eigenvalue weighted by Gasteiger charge is 2.35. The minimum Gasteiger partial charge on any atom is -0.496 e. The molecule has 1 N–H and O–H groups in total. The maximum atomic E-state index is 5.47. The van der Waals surface area contributed by atoms with E-state index in [1.54, 1.807) is 7.11 Å². The van der Waals surface area contributed by atoms with E-state index in [4.69, 9.17) is 4.74 Å². The number of nitrogens with zero attached hydrogens (tertiary/aromatic N) is 2. The molecule has 0 radical (unpaired) electrons. The normalized spacial score (nSPS) is 20.1. The first-order chi connectivity index (χ1) is 13.2. The summed E-state index contributed by atoms with van der Waals surface area (Å²) in [5.41, 5.74) is 6.58. The summed E-state index contributed by atoms with van der Waals surface area (Å²) in [5, 5.41) is 7.40. The van der Waals surface area contributed by atoms with Crippen LogP contribution in [0.2, 0.25) is 0 Å². The van der Waals surface area contributed by atoms with E-state index < -0.39 is 0 Å². The molecule has 2 heterocycles. The van der Waals surface area contributed by atoms with Crippen LogP contribution < -0.4 is 4.74 Å². The molecule has 3 aromatic rings. The highest BCUT2D eigenvalue weighted by Crippen LogP contribution is 2.39. The number of ether oxygens (including phenoxy) is 1. The van der Waals surface area contributed by atoms with Crippen LogP contribution in [0.1, 0.15) is 39.8 Å². The van der Waals surface area contributed by atoms with Gasteiger partial charge in [-0.1, -0.05) is 36.4 Å². The first kappa shape index (κ1) is 17.8. The molecular weight excluding hydrogens is 334 g/mol. The van der Waals surface area contributed by atoms with Gasteiger partial charge in [-0.05, 0) is 48.2 Å². The van der Waals surface area contributed by atoms with Crippen molar-refractivity contribution < 1.29 is 4.74 Å². The number of H-pyrrole nitrogens is 1. The van der Waals surface area contributed by atoms with Crippen molar-refractivity contribution in [1.82, 2.24) is 15.1 Å². The van der Waals surface area contributed by atoms with Crippen molar-refractivity contribution in [3.05, 3.63) is 82.7 Å². The molecule has 1 fully saturated rings. The second kappa shape index (κ2) is 7.57. The standard InChI is InChI=1S/C23H27N3O/c1-16-17(2)23(27-3)10-9-19(16)13-26-14-20(18-7-5-4-6-8-18)21(15-26)22-11-12-24-25-22/h4-12,20-21H,13-15H2,1-3H3,(H,24,25)/t20-,21+/m0/s1. The Morgan fingerprint density at radius 2 is 1.78 bits per heavy atom. The molecule has 0 aliphatic carbocycles. The quantitative estimate of drug-likeness (QED) is 0.731. The lowest BCUT2D eigenvalue weighted by atomic mass is 9.87. The summed E-state index contributed by atoms with van der Waals surface area (Å²) in [6, 6.07) is 17.3. The topological polar surface area (TPSA) is 41.1 Å². The van der Waals surface area contributed by atoms with Crippen molar-refractivity contribution in [2.24, 2.45) is 0 Å². The minimum absolute atomic E-state index is 0.439. The highest BCUT2D eigenvalue weighted by atomic mass is 16.5. The van der Waals surface area contributed by atoms with Crippen molar-refractivity contribution in [3.8, 4) is 5.75 Å². The number of hydrogen-bond acceptors (Lipinski definition) is 3. The van der Waals surface area contributed by atoms with E-state index in [1.807, 2.05) is 6.20 Å². The van der Waals surface area contributed by atoms with Gasteiger partial charge >= 0.3 is 0 Å². The van der Waals surface area contributed by atoms with Gasteiger partial charge in [-0.15, -0.1) is 0 Å². The smallest absolute Gasteiger partial charge is 0.122 e. The molecule has 1 aromatic heterocycles. The zero-order valence-electron chi connectivity index (χ0n) is 16.3.